The van der Waals surface area contributed by atoms with Crippen molar-refractivity contribution >= 4 is 61.6 Å². The van der Waals surface area contributed by atoms with Gasteiger partial charge in [-0.1, -0.05) is 54.2 Å². The third kappa shape index (κ3) is 2.87. The number of nitrogens with zero attached hydrogens (tertiary/aromatic N) is 2. The molecular weight excluding hydrogens is 424 g/mol. The van der Waals surface area contributed by atoms with Gasteiger partial charge in [-0.25, -0.2) is 9.88 Å². The number of thiazole rings is 1. The number of hydrogen-bond donors (Lipinski definition) is 0. The second kappa shape index (κ2) is 7.04. The molecule has 148 valence electrons. The molecule has 0 atom stereocenters. The molecule has 0 aliphatic carbocycles. The molecule has 0 bridgehead atoms. The highest BCUT2D eigenvalue weighted by molar-refractivity contribution is 8.01. The van der Waals surface area contributed by atoms with Crippen molar-refractivity contribution in [3.8, 4) is 0 Å². The molecule has 1 aromatic heterocycles. The molecule has 0 saturated carbocycles. The summed E-state index contributed by atoms with van der Waals surface area (Å²) in [6, 6.07) is 26.5. The van der Waals surface area contributed by atoms with E-state index in [0.29, 0.717) is 16.8 Å². The van der Waals surface area contributed by atoms with Gasteiger partial charge in [0, 0.05) is 21.4 Å². The van der Waals surface area contributed by atoms with Crippen molar-refractivity contribution in [2.75, 3.05) is 4.90 Å². The predicted octanol–water partition coefficient (Wildman–Crippen LogP) is 6.40. The maximum absolute atomic E-state index is 13.3. The van der Waals surface area contributed by atoms with Crippen LogP contribution in [0.4, 0.5) is 5.69 Å². The number of aromatic nitrogens is 1. The summed E-state index contributed by atoms with van der Waals surface area (Å²) < 4.78 is 2.07. The van der Waals surface area contributed by atoms with Gasteiger partial charge in [0.05, 0.1) is 15.9 Å². The van der Waals surface area contributed by atoms with Gasteiger partial charge in [0.2, 0.25) is 0 Å². The molecule has 31 heavy (non-hydrogen) atoms. The van der Waals surface area contributed by atoms with Crippen LogP contribution in [0, 0.1) is 0 Å². The highest BCUT2D eigenvalue weighted by Crippen LogP contribution is 2.41. The molecule has 0 fully saturated rings. The minimum atomic E-state index is -0.295. The van der Waals surface area contributed by atoms with Crippen molar-refractivity contribution < 1.29 is 9.59 Å². The average molecular weight is 439 g/mol. The Morgan fingerprint density at radius 3 is 2.29 bits per heavy atom. The Labute approximate surface area is 186 Å². The van der Waals surface area contributed by atoms with Gasteiger partial charge < -0.3 is 0 Å². The molecule has 4 nitrogen and oxygen atoms in total. The molecule has 5 aromatic rings. The Morgan fingerprint density at radius 1 is 0.742 bits per heavy atom. The molecule has 0 unspecified atom stereocenters. The number of rotatable bonds is 3. The number of fused-ring (bicyclic) bond motifs is 1. The third-order valence-corrected chi connectivity index (χ3v) is 7.53. The highest BCUT2D eigenvalue weighted by atomic mass is 32.2. The van der Waals surface area contributed by atoms with Crippen LogP contribution in [0.15, 0.2) is 94.2 Å². The van der Waals surface area contributed by atoms with Crippen LogP contribution >= 0.6 is 23.1 Å². The van der Waals surface area contributed by atoms with E-state index in [0.717, 1.165) is 30.2 Å². The molecular formula is C25H14N2O2S2. The van der Waals surface area contributed by atoms with Gasteiger partial charge in [0.25, 0.3) is 11.8 Å². The Morgan fingerprint density at radius 2 is 1.48 bits per heavy atom. The maximum Gasteiger partial charge on any atom is 0.265 e. The molecule has 0 spiro atoms. The number of carbonyl (C=O) groups is 2. The predicted molar refractivity (Wildman–Crippen MR) is 125 cm³/mol. The van der Waals surface area contributed by atoms with E-state index in [-0.39, 0.29) is 11.8 Å². The van der Waals surface area contributed by atoms with Crippen molar-refractivity contribution in [3.63, 3.8) is 0 Å². The molecule has 6 heteroatoms. The lowest BCUT2D eigenvalue weighted by Gasteiger charge is -2.27. The number of hydrogen-bond acceptors (Lipinski definition) is 5. The molecule has 4 aromatic carbocycles. The van der Waals surface area contributed by atoms with Crippen molar-refractivity contribution in [2.24, 2.45) is 0 Å². The van der Waals surface area contributed by atoms with E-state index in [4.69, 9.17) is 4.98 Å². The van der Waals surface area contributed by atoms with Gasteiger partial charge in [-0.05, 0) is 47.9 Å². The van der Waals surface area contributed by atoms with Gasteiger partial charge in [-0.3, -0.25) is 9.59 Å². The first-order valence-electron chi connectivity index (χ1n) is 9.74. The number of para-hydroxylation sites is 2. The Kier molecular flexibility index (Phi) is 4.16. The molecule has 1 aliphatic heterocycles. The lowest BCUT2D eigenvalue weighted by atomic mass is 9.93. The summed E-state index contributed by atoms with van der Waals surface area (Å²) in [7, 11) is 0. The van der Waals surface area contributed by atoms with Crippen LogP contribution in [0.25, 0.3) is 21.0 Å². The Balaban J connectivity index is 1.49. The van der Waals surface area contributed by atoms with Crippen LogP contribution in [0.1, 0.15) is 20.7 Å². The summed E-state index contributed by atoms with van der Waals surface area (Å²) in [5.41, 5.74) is 2.64. The summed E-state index contributed by atoms with van der Waals surface area (Å²) in [6.07, 6.45) is 0. The summed E-state index contributed by atoms with van der Waals surface area (Å²) in [6.45, 7) is 0. The van der Waals surface area contributed by atoms with E-state index in [1.807, 2.05) is 60.7 Å². The summed E-state index contributed by atoms with van der Waals surface area (Å²) in [4.78, 5) is 33.5. The van der Waals surface area contributed by atoms with E-state index >= 15 is 0 Å². The topological polar surface area (TPSA) is 50.3 Å². The van der Waals surface area contributed by atoms with Crippen molar-refractivity contribution in [1.82, 2.24) is 4.98 Å². The lowest BCUT2D eigenvalue weighted by Crippen LogP contribution is -2.40. The van der Waals surface area contributed by atoms with Crippen LogP contribution < -0.4 is 4.90 Å². The fourth-order valence-corrected chi connectivity index (χ4v) is 6.11. The number of imide groups is 1. The van der Waals surface area contributed by atoms with E-state index in [2.05, 4.69) is 6.07 Å². The Bertz CT molecular complexity index is 1450. The van der Waals surface area contributed by atoms with Crippen molar-refractivity contribution in [1.29, 1.82) is 0 Å². The minimum absolute atomic E-state index is 0.295. The second-order valence-electron chi connectivity index (χ2n) is 7.17. The van der Waals surface area contributed by atoms with E-state index in [1.165, 1.54) is 4.90 Å². The van der Waals surface area contributed by atoms with Crippen LogP contribution in [0.2, 0.25) is 0 Å². The zero-order valence-corrected chi connectivity index (χ0v) is 17.7. The zero-order valence-electron chi connectivity index (χ0n) is 16.1. The normalized spacial score (nSPS) is 13.4. The van der Waals surface area contributed by atoms with Crippen molar-refractivity contribution in [3.05, 3.63) is 96.1 Å². The molecule has 6 rings (SSSR count). The molecule has 2 heterocycles. The summed E-state index contributed by atoms with van der Waals surface area (Å²) in [5.74, 6) is -0.590. The van der Waals surface area contributed by atoms with E-state index in [1.54, 1.807) is 41.3 Å². The number of carbonyl (C=O) groups excluding carboxylic acids is 2. The lowest BCUT2D eigenvalue weighted by molar-refractivity contribution is 0.0893. The standard InChI is InChI=1S/C25H14N2O2S2/c28-23-17-10-6-9-16-20(30-25-26-19-11-4-5-12-21(19)31-25)14-13-18(22(16)17)24(29)27(23)15-7-2-1-3-8-15/h1-14H. The van der Waals surface area contributed by atoms with E-state index in [9.17, 15) is 9.59 Å². The highest BCUT2D eigenvalue weighted by Gasteiger charge is 2.34. The van der Waals surface area contributed by atoms with Crippen LogP contribution in [-0.2, 0) is 0 Å². The Hall–Kier alpha value is -3.48. The van der Waals surface area contributed by atoms with Gasteiger partial charge in [0.1, 0.15) is 0 Å². The summed E-state index contributed by atoms with van der Waals surface area (Å²) in [5, 5.41) is 1.62. The molecule has 0 radical (unpaired) electrons. The number of benzene rings is 4. The number of amides is 2. The van der Waals surface area contributed by atoms with Crippen LogP contribution in [0.5, 0.6) is 0 Å². The largest absolute Gasteiger partial charge is 0.268 e. The summed E-state index contributed by atoms with van der Waals surface area (Å²) >= 11 is 3.20. The fourth-order valence-electron chi connectivity index (χ4n) is 3.96. The van der Waals surface area contributed by atoms with E-state index < -0.39 is 0 Å². The number of anilines is 1. The van der Waals surface area contributed by atoms with Crippen molar-refractivity contribution in [2.45, 2.75) is 9.24 Å². The second-order valence-corrected chi connectivity index (χ2v) is 9.49. The quantitative estimate of drug-likeness (QED) is 0.306. The first-order valence-corrected chi connectivity index (χ1v) is 11.4. The zero-order chi connectivity index (χ0) is 20.9. The minimum Gasteiger partial charge on any atom is -0.268 e. The fraction of sp³-hybridized carbons (Fsp3) is 0. The third-order valence-electron chi connectivity index (χ3n) is 5.35. The first kappa shape index (κ1) is 18.3. The molecule has 0 N–H and O–H groups in total. The van der Waals surface area contributed by atoms with Gasteiger partial charge in [-0.15, -0.1) is 11.3 Å². The van der Waals surface area contributed by atoms with Gasteiger partial charge in [0.15, 0.2) is 4.34 Å². The van der Waals surface area contributed by atoms with Gasteiger partial charge in [-0.2, -0.15) is 0 Å². The van der Waals surface area contributed by atoms with Gasteiger partial charge >= 0.3 is 0 Å². The monoisotopic (exact) mass is 438 g/mol. The first-order chi connectivity index (χ1) is 15.2. The average Bonchev–Trinajstić information content (AvgIpc) is 3.21. The SMILES string of the molecule is O=C1c2cccc3c(Sc4nc5ccccc5s4)ccc(c23)C(=O)N1c1ccccc1. The molecule has 0 saturated heterocycles. The molecule has 2 amide bonds. The van der Waals surface area contributed by atoms with Crippen LogP contribution in [0.3, 0.4) is 0 Å². The maximum atomic E-state index is 13.3. The smallest absolute Gasteiger partial charge is 0.265 e. The molecule has 1 aliphatic rings. The van der Waals surface area contributed by atoms with Crippen LogP contribution in [-0.4, -0.2) is 16.8 Å².